The third-order valence-electron chi connectivity index (χ3n) is 5.06. The van der Waals surface area contributed by atoms with Gasteiger partial charge in [0.1, 0.15) is 0 Å². The Bertz CT molecular complexity index is 1510. The molecule has 0 unspecified atom stereocenters. The van der Waals surface area contributed by atoms with Crippen molar-refractivity contribution in [1.82, 2.24) is 14.2 Å². The predicted molar refractivity (Wildman–Crippen MR) is 112 cm³/mol. The lowest BCUT2D eigenvalue weighted by molar-refractivity contribution is 0.771. The second-order valence-corrected chi connectivity index (χ2v) is 7.07. The fourth-order valence-corrected chi connectivity index (χ4v) is 3.63. The molecule has 5 rings (SSSR count). The maximum Gasteiger partial charge on any atom is 0.281 e. The van der Waals surface area contributed by atoms with E-state index in [2.05, 4.69) is 4.98 Å². The summed E-state index contributed by atoms with van der Waals surface area (Å²) in [5, 5.41) is 1.01. The van der Waals surface area contributed by atoms with Gasteiger partial charge in [-0.2, -0.15) is 4.52 Å². The van der Waals surface area contributed by atoms with Crippen molar-refractivity contribution in [2.24, 2.45) is 0 Å². The van der Waals surface area contributed by atoms with Crippen molar-refractivity contribution in [3.63, 3.8) is 0 Å². The summed E-state index contributed by atoms with van der Waals surface area (Å²) < 4.78 is 3.19. The van der Waals surface area contributed by atoms with Crippen molar-refractivity contribution in [2.75, 3.05) is 0 Å². The Morgan fingerprint density at radius 1 is 0.786 bits per heavy atom. The van der Waals surface area contributed by atoms with Crippen LogP contribution in [0.25, 0.3) is 33.1 Å². The first-order chi connectivity index (χ1) is 13.5. The topological polar surface area (TPSA) is 56.4 Å². The van der Waals surface area contributed by atoms with Gasteiger partial charge >= 0.3 is 0 Å². The highest BCUT2D eigenvalue weighted by atomic mass is 16.1. The molecule has 0 amide bonds. The molecule has 136 valence electrons. The summed E-state index contributed by atoms with van der Waals surface area (Å²) in [6, 6.07) is 20.6. The summed E-state index contributed by atoms with van der Waals surface area (Å²) in [7, 11) is 0. The van der Waals surface area contributed by atoms with Crippen LogP contribution in [-0.2, 0) is 0 Å². The maximum atomic E-state index is 13.4. The van der Waals surface area contributed by atoms with Gasteiger partial charge in [-0.3, -0.25) is 9.59 Å². The molecule has 28 heavy (non-hydrogen) atoms. The molecule has 5 heteroatoms. The van der Waals surface area contributed by atoms with Gasteiger partial charge in [0.25, 0.3) is 5.56 Å². The maximum absolute atomic E-state index is 13.4. The number of aryl methyl sites for hydroxylation is 2. The molecule has 5 aromatic rings. The molecule has 0 aliphatic heterocycles. The van der Waals surface area contributed by atoms with E-state index in [9.17, 15) is 9.59 Å². The number of rotatable bonds is 1. The van der Waals surface area contributed by atoms with Crippen LogP contribution in [0, 0.1) is 13.8 Å². The molecule has 0 atom stereocenters. The van der Waals surface area contributed by atoms with E-state index in [1.807, 2.05) is 56.3 Å². The standard InChI is InChI=1S/C23H17N3O2/c1-14-7-10-16(11-8-14)25-20-13-15(2)9-12-18(20)21(27)22-24-19-6-4-3-5-17(19)23(28)26(22)25/h3-13H,1-2H3. The zero-order chi connectivity index (χ0) is 19.4. The van der Waals surface area contributed by atoms with Crippen LogP contribution < -0.4 is 11.0 Å². The number of aromatic nitrogens is 3. The predicted octanol–water partition coefficient (Wildman–Crippen LogP) is 3.77. The van der Waals surface area contributed by atoms with E-state index in [-0.39, 0.29) is 16.6 Å². The van der Waals surface area contributed by atoms with Crippen LogP contribution in [0.5, 0.6) is 0 Å². The molecule has 0 spiro atoms. The van der Waals surface area contributed by atoms with E-state index < -0.39 is 0 Å². The Hall–Kier alpha value is -3.73. The first-order valence-corrected chi connectivity index (χ1v) is 9.09. The Morgan fingerprint density at radius 3 is 2.29 bits per heavy atom. The molecule has 0 bridgehead atoms. The number of nitrogens with zero attached hydrogens (tertiary/aromatic N) is 3. The Balaban J connectivity index is 2.13. The van der Waals surface area contributed by atoms with Crippen molar-refractivity contribution in [3.05, 3.63) is 98.4 Å². The van der Waals surface area contributed by atoms with Gasteiger partial charge in [-0.25, -0.2) is 9.67 Å². The van der Waals surface area contributed by atoms with Gasteiger partial charge in [0.15, 0.2) is 0 Å². The average molecular weight is 367 g/mol. The molecule has 3 aromatic carbocycles. The monoisotopic (exact) mass is 367 g/mol. The lowest BCUT2D eigenvalue weighted by Crippen LogP contribution is -2.29. The number of benzene rings is 3. The highest BCUT2D eigenvalue weighted by Crippen LogP contribution is 2.20. The molecule has 0 N–H and O–H groups in total. The molecule has 0 saturated heterocycles. The first-order valence-electron chi connectivity index (χ1n) is 9.09. The van der Waals surface area contributed by atoms with Gasteiger partial charge in [-0.1, -0.05) is 35.9 Å². The number of hydrogen-bond acceptors (Lipinski definition) is 3. The summed E-state index contributed by atoms with van der Waals surface area (Å²) in [6.07, 6.45) is 0. The van der Waals surface area contributed by atoms with Gasteiger partial charge in [0.05, 0.1) is 27.5 Å². The van der Waals surface area contributed by atoms with Crippen molar-refractivity contribution in [1.29, 1.82) is 0 Å². The zero-order valence-electron chi connectivity index (χ0n) is 15.5. The summed E-state index contributed by atoms with van der Waals surface area (Å²) in [5.41, 5.74) is 3.74. The minimum Gasteiger partial charge on any atom is -0.285 e. The fraction of sp³-hybridized carbons (Fsp3) is 0.0870. The number of para-hydroxylation sites is 1. The normalized spacial score (nSPS) is 11.5. The average Bonchev–Trinajstić information content (AvgIpc) is 2.70. The van der Waals surface area contributed by atoms with E-state index in [0.29, 0.717) is 21.8 Å². The molecule has 2 heterocycles. The highest BCUT2D eigenvalue weighted by Gasteiger charge is 2.16. The van der Waals surface area contributed by atoms with Crippen LogP contribution in [0.1, 0.15) is 11.1 Å². The van der Waals surface area contributed by atoms with E-state index in [4.69, 9.17) is 0 Å². The molecule has 0 aliphatic rings. The fourth-order valence-electron chi connectivity index (χ4n) is 3.63. The summed E-state index contributed by atoms with van der Waals surface area (Å²) in [6.45, 7) is 3.98. The number of hydrogen-bond donors (Lipinski definition) is 0. The number of fused-ring (bicyclic) bond motifs is 3. The molecule has 0 aliphatic carbocycles. The highest BCUT2D eigenvalue weighted by molar-refractivity contribution is 5.86. The van der Waals surface area contributed by atoms with E-state index in [1.165, 1.54) is 4.52 Å². The van der Waals surface area contributed by atoms with Gasteiger partial charge < -0.3 is 0 Å². The van der Waals surface area contributed by atoms with Crippen LogP contribution >= 0.6 is 0 Å². The molecule has 0 radical (unpaired) electrons. The molecule has 2 aromatic heterocycles. The van der Waals surface area contributed by atoms with Crippen molar-refractivity contribution in [3.8, 4) is 5.69 Å². The smallest absolute Gasteiger partial charge is 0.281 e. The van der Waals surface area contributed by atoms with Crippen molar-refractivity contribution >= 4 is 27.5 Å². The van der Waals surface area contributed by atoms with E-state index >= 15 is 0 Å². The largest absolute Gasteiger partial charge is 0.285 e. The minimum atomic E-state index is -0.262. The summed E-state index contributed by atoms with van der Waals surface area (Å²) in [4.78, 5) is 31.1. The lowest BCUT2D eigenvalue weighted by Gasteiger charge is -2.17. The quantitative estimate of drug-likeness (QED) is 0.424. The minimum absolute atomic E-state index is 0.126. The third-order valence-corrected chi connectivity index (χ3v) is 5.06. The van der Waals surface area contributed by atoms with Gasteiger partial charge in [0, 0.05) is 0 Å². The van der Waals surface area contributed by atoms with Crippen LogP contribution in [0.3, 0.4) is 0 Å². The van der Waals surface area contributed by atoms with Crippen molar-refractivity contribution < 1.29 is 0 Å². The summed E-state index contributed by atoms with van der Waals surface area (Å²) >= 11 is 0. The summed E-state index contributed by atoms with van der Waals surface area (Å²) in [5.74, 6) is 0. The Morgan fingerprint density at radius 2 is 1.50 bits per heavy atom. The van der Waals surface area contributed by atoms with Gasteiger partial charge in [-0.05, 0) is 55.8 Å². The molecule has 0 saturated carbocycles. The second kappa shape index (κ2) is 5.89. The third kappa shape index (κ3) is 2.29. The van der Waals surface area contributed by atoms with Crippen LogP contribution in [-0.4, -0.2) is 14.2 Å². The first kappa shape index (κ1) is 16.4. The molecular weight excluding hydrogens is 350 g/mol. The van der Waals surface area contributed by atoms with Crippen LogP contribution in [0.2, 0.25) is 0 Å². The zero-order valence-corrected chi connectivity index (χ0v) is 15.5. The van der Waals surface area contributed by atoms with Gasteiger partial charge in [-0.15, -0.1) is 0 Å². The molecule has 5 nitrogen and oxygen atoms in total. The van der Waals surface area contributed by atoms with E-state index in [0.717, 1.165) is 16.8 Å². The van der Waals surface area contributed by atoms with E-state index in [1.54, 1.807) is 28.9 Å². The van der Waals surface area contributed by atoms with Crippen LogP contribution in [0.15, 0.2) is 76.3 Å². The second-order valence-electron chi connectivity index (χ2n) is 7.07. The Kier molecular flexibility index (Phi) is 3.46. The van der Waals surface area contributed by atoms with Crippen LogP contribution in [0.4, 0.5) is 0 Å². The lowest BCUT2D eigenvalue weighted by atomic mass is 10.1. The van der Waals surface area contributed by atoms with Gasteiger partial charge in [0.2, 0.25) is 11.1 Å². The molecular formula is C23H17N3O2. The molecule has 0 fully saturated rings. The Labute approximate surface area is 160 Å². The van der Waals surface area contributed by atoms with Crippen molar-refractivity contribution in [2.45, 2.75) is 13.8 Å². The SMILES string of the molecule is Cc1ccc(-n2c3cc(C)ccc3c(=O)c3nc4ccccc4c(=O)n32)cc1.